The molecule has 0 saturated heterocycles. The van der Waals surface area contributed by atoms with Gasteiger partial charge in [-0.3, -0.25) is 14.3 Å². The minimum Gasteiger partial charge on any atom is -0.494 e. The van der Waals surface area contributed by atoms with Crippen molar-refractivity contribution in [2.45, 2.75) is 77.7 Å². The van der Waals surface area contributed by atoms with Gasteiger partial charge in [0.15, 0.2) is 0 Å². The van der Waals surface area contributed by atoms with Crippen LogP contribution in [0.25, 0.3) is 0 Å². The SMILES string of the molecule is CCCCCCCCCCOc1cccc(CCC(=O)N(CCOP(=O)(O)O)Cc2cccnc2)c1. The Morgan fingerprint density at radius 1 is 0.972 bits per heavy atom. The number of phosphoric ester groups is 1. The molecule has 1 aromatic carbocycles. The van der Waals surface area contributed by atoms with Crippen LogP contribution in [0.3, 0.4) is 0 Å². The second-order valence-corrected chi connectivity index (χ2v) is 10.2. The maximum atomic E-state index is 12.9. The van der Waals surface area contributed by atoms with Crippen LogP contribution in [0.2, 0.25) is 0 Å². The largest absolute Gasteiger partial charge is 0.494 e. The summed E-state index contributed by atoms with van der Waals surface area (Å²) < 4.78 is 21.5. The van der Waals surface area contributed by atoms with Crippen LogP contribution in [0.4, 0.5) is 0 Å². The lowest BCUT2D eigenvalue weighted by molar-refractivity contribution is -0.132. The Morgan fingerprint density at radius 3 is 2.39 bits per heavy atom. The molecule has 0 aliphatic heterocycles. The fraction of sp³-hybridized carbons (Fsp3) is 0.556. The summed E-state index contributed by atoms with van der Waals surface area (Å²) in [7, 11) is -4.59. The summed E-state index contributed by atoms with van der Waals surface area (Å²) >= 11 is 0. The van der Waals surface area contributed by atoms with E-state index in [1.54, 1.807) is 18.5 Å². The molecule has 0 aliphatic carbocycles. The molecule has 1 amide bonds. The summed E-state index contributed by atoms with van der Waals surface area (Å²) in [6.45, 7) is 3.03. The lowest BCUT2D eigenvalue weighted by Gasteiger charge is -2.23. The highest BCUT2D eigenvalue weighted by molar-refractivity contribution is 7.46. The molecule has 1 heterocycles. The predicted octanol–water partition coefficient (Wildman–Crippen LogP) is 5.67. The Labute approximate surface area is 215 Å². The molecule has 1 aromatic heterocycles. The average molecular weight is 521 g/mol. The Balaban J connectivity index is 1.78. The average Bonchev–Trinajstić information content (AvgIpc) is 2.86. The zero-order chi connectivity index (χ0) is 26.1. The predicted molar refractivity (Wildman–Crippen MR) is 141 cm³/mol. The van der Waals surface area contributed by atoms with Gasteiger partial charge < -0.3 is 19.4 Å². The van der Waals surface area contributed by atoms with Crippen molar-refractivity contribution in [1.29, 1.82) is 0 Å². The second-order valence-electron chi connectivity index (χ2n) is 8.97. The van der Waals surface area contributed by atoms with E-state index in [4.69, 9.17) is 14.5 Å². The lowest BCUT2D eigenvalue weighted by Crippen LogP contribution is -2.33. The van der Waals surface area contributed by atoms with Crippen LogP contribution in [0.15, 0.2) is 48.8 Å². The summed E-state index contributed by atoms with van der Waals surface area (Å²) in [5.41, 5.74) is 1.84. The number of aryl methyl sites for hydroxylation is 1. The van der Waals surface area contributed by atoms with Gasteiger partial charge in [-0.1, -0.05) is 70.1 Å². The zero-order valence-corrected chi connectivity index (χ0v) is 22.3. The monoisotopic (exact) mass is 520 g/mol. The van der Waals surface area contributed by atoms with Crippen molar-refractivity contribution in [1.82, 2.24) is 9.88 Å². The van der Waals surface area contributed by atoms with Crippen LogP contribution in [0, 0.1) is 0 Å². The zero-order valence-electron chi connectivity index (χ0n) is 21.4. The molecular formula is C27H41N2O6P. The molecule has 36 heavy (non-hydrogen) atoms. The molecule has 2 rings (SSSR count). The number of hydrogen-bond acceptors (Lipinski definition) is 5. The number of benzene rings is 1. The maximum Gasteiger partial charge on any atom is 0.469 e. The van der Waals surface area contributed by atoms with Crippen LogP contribution < -0.4 is 4.74 Å². The smallest absolute Gasteiger partial charge is 0.469 e. The van der Waals surface area contributed by atoms with Gasteiger partial charge in [0.25, 0.3) is 0 Å². The van der Waals surface area contributed by atoms with E-state index < -0.39 is 7.82 Å². The van der Waals surface area contributed by atoms with E-state index in [1.807, 2.05) is 30.3 Å². The van der Waals surface area contributed by atoms with E-state index >= 15 is 0 Å². The number of carbonyl (C=O) groups is 1. The number of carbonyl (C=O) groups excluding carboxylic acids is 1. The van der Waals surface area contributed by atoms with Crippen molar-refractivity contribution in [2.75, 3.05) is 19.8 Å². The number of rotatable bonds is 19. The molecule has 200 valence electrons. The number of phosphoric acid groups is 1. The molecule has 2 N–H and O–H groups in total. The van der Waals surface area contributed by atoms with Crippen molar-refractivity contribution < 1.29 is 28.4 Å². The molecule has 9 heteroatoms. The topological polar surface area (TPSA) is 109 Å². The Morgan fingerprint density at radius 2 is 1.69 bits per heavy atom. The molecule has 0 spiro atoms. The molecular weight excluding hydrogens is 479 g/mol. The van der Waals surface area contributed by atoms with Crippen molar-refractivity contribution >= 4 is 13.7 Å². The van der Waals surface area contributed by atoms with Gasteiger partial charge in [0, 0.05) is 31.9 Å². The first-order valence-corrected chi connectivity index (χ1v) is 14.5. The van der Waals surface area contributed by atoms with Crippen molar-refractivity contribution in [2.24, 2.45) is 0 Å². The van der Waals surface area contributed by atoms with E-state index in [0.717, 1.165) is 23.3 Å². The number of unbranched alkanes of at least 4 members (excludes halogenated alkanes) is 7. The summed E-state index contributed by atoms with van der Waals surface area (Å²) in [6.07, 6.45) is 14.2. The number of aromatic nitrogens is 1. The van der Waals surface area contributed by atoms with Gasteiger partial charge >= 0.3 is 7.82 Å². The van der Waals surface area contributed by atoms with Gasteiger partial charge in [-0.15, -0.1) is 0 Å². The summed E-state index contributed by atoms with van der Waals surface area (Å²) in [5.74, 6) is 0.684. The maximum absolute atomic E-state index is 12.9. The first-order valence-electron chi connectivity index (χ1n) is 13.0. The number of nitrogens with zero attached hydrogens (tertiary/aromatic N) is 2. The van der Waals surface area contributed by atoms with E-state index in [0.29, 0.717) is 19.6 Å². The Kier molecular flexibility index (Phi) is 14.4. The highest BCUT2D eigenvalue weighted by Crippen LogP contribution is 2.35. The van der Waals surface area contributed by atoms with Gasteiger partial charge in [-0.05, 0) is 42.2 Å². The highest BCUT2D eigenvalue weighted by atomic mass is 31.2. The van der Waals surface area contributed by atoms with E-state index in [2.05, 4.69) is 16.4 Å². The highest BCUT2D eigenvalue weighted by Gasteiger charge is 2.18. The summed E-state index contributed by atoms with van der Waals surface area (Å²) in [5, 5.41) is 0. The van der Waals surface area contributed by atoms with Crippen LogP contribution >= 0.6 is 7.82 Å². The Hall–Kier alpha value is -2.25. The molecule has 8 nitrogen and oxygen atoms in total. The van der Waals surface area contributed by atoms with E-state index in [1.165, 1.54) is 49.8 Å². The molecule has 0 atom stereocenters. The standard InChI is InChI=1S/C27H41N2O6P/c1-2-3-4-5-6-7-8-9-19-34-26-14-10-12-24(21-26)15-16-27(30)29(18-20-35-36(31,32)33)23-25-13-11-17-28-22-25/h10-14,17,21-22H,2-9,15-16,18-20,23H2,1H3,(H2,31,32,33). The quantitative estimate of drug-likeness (QED) is 0.181. The molecule has 0 unspecified atom stereocenters. The third-order valence-electron chi connectivity index (χ3n) is 5.86. The fourth-order valence-electron chi connectivity index (χ4n) is 3.90. The molecule has 0 saturated carbocycles. The first kappa shape index (κ1) is 30.0. The first-order chi connectivity index (χ1) is 17.4. The second kappa shape index (κ2) is 17.2. The van der Waals surface area contributed by atoms with Crippen molar-refractivity contribution in [3.8, 4) is 5.75 Å². The van der Waals surface area contributed by atoms with Gasteiger partial charge in [-0.2, -0.15) is 0 Å². The third-order valence-corrected chi connectivity index (χ3v) is 6.38. The molecule has 0 aliphatic rings. The normalized spacial score (nSPS) is 11.4. The van der Waals surface area contributed by atoms with E-state index in [9.17, 15) is 9.36 Å². The summed E-state index contributed by atoms with van der Waals surface area (Å²) in [6, 6.07) is 11.4. The number of amides is 1. The van der Waals surface area contributed by atoms with Gasteiger partial charge in [0.05, 0.1) is 13.2 Å². The van der Waals surface area contributed by atoms with Gasteiger partial charge in [0.1, 0.15) is 5.75 Å². The van der Waals surface area contributed by atoms with Crippen LogP contribution in [-0.2, 0) is 26.8 Å². The minimum atomic E-state index is -4.59. The van der Waals surface area contributed by atoms with Crippen molar-refractivity contribution in [3.63, 3.8) is 0 Å². The van der Waals surface area contributed by atoms with Crippen LogP contribution in [0.5, 0.6) is 5.75 Å². The summed E-state index contributed by atoms with van der Waals surface area (Å²) in [4.78, 5) is 36.4. The number of ether oxygens (including phenoxy) is 1. The minimum absolute atomic E-state index is 0.0700. The lowest BCUT2D eigenvalue weighted by atomic mass is 10.1. The van der Waals surface area contributed by atoms with Gasteiger partial charge in [-0.25, -0.2) is 4.57 Å². The Bertz CT molecular complexity index is 921. The van der Waals surface area contributed by atoms with Crippen molar-refractivity contribution in [3.05, 3.63) is 59.9 Å². The van der Waals surface area contributed by atoms with Crippen LogP contribution in [0.1, 0.15) is 75.8 Å². The van der Waals surface area contributed by atoms with Crippen LogP contribution in [-0.4, -0.2) is 45.3 Å². The molecule has 0 radical (unpaired) electrons. The molecule has 2 aromatic rings. The third kappa shape index (κ3) is 13.7. The molecule has 0 fully saturated rings. The number of hydrogen-bond donors (Lipinski definition) is 2. The molecule has 0 bridgehead atoms. The van der Waals surface area contributed by atoms with E-state index in [-0.39, 0.29) is 25.5 Å². The number of pyridine rings is 1. The van der Waals surface area contributed by atoms with Gasteiger partial charge in [0.2, 0.25) is 5.91 Å². The fourth-order valence-corrected chi connectivity index (χ4v) is 4.22.